The topological polar surface area (TPSA) is 74.3 Å². The third-order valence-corrected chi connectivity index (χ3v) is 3.73. The smallest absolute Gasteiger partial charge is 0.204 e. The van der Waals surface area contributed by atoms with E-state index in [1.165, 1.54) is 12.1 Å². The fraction of sp³-hybridized carbons (Fsp3) is 0.438. The molecule has 0 aliphatic heterocycles. The van der Waals surface area contributed by atoms with E-state index in [9.17, 15) is 4.39 Å². The maximum atomic E-state index is 12.9. The Morgan fingerprint density at radius 3 is 2.71 bits per heavy atom. The molecule has 126 valence electrons. The van der Waals surface area contributed by atoms with Crippen LogP contribution in [0.5, 0.6) is 0 Å². The molecule has 1 aromatic carbocycles. The standard InChI is InChI=1S/C16H20FN7/c1-2-3-10-23-15(18-12-19-23)5-4-11-24-21-16(20-22-24)13-6-8-14(17)9-7-13/h6-9,12H,2-5,10-11H2,1H3. The summed E-state index contributed by atoms with van der Waals surface area (Å²) in [5.74, 6) is 1.21. The third kappa shape index (κ3) is 4.01. The van der Waals surface area contributed by atoms with Gasteiger partial charge in [0.15, 0.2) is 0 Å². The van der Waals surface area contributed by atoms with Gasteiger partial charge in [0.25, 0.3) is 0 Å². The summed E-state index contributed by atoms with van der Waals surface area (Å²) in [7, 11) is 0. The maximum absolute atomic E-state index is 12.9. The SMILES string of the molecule is CCCCn1ncnc1CCCn1nnc(-c2ccc(F)cc2)n1. The Kier molecular flexibility index (Phi) is 5.25. The Labute approximate surface area is 139 Å². The van der Waals surface area contributed by atoms with Crippen molar-refractivity contribution >= 4 is 0 Å². The van der Waals surface area contributed by atoms with Crippen LogP contribution in [-0.2, 0) is 19.5 Å². The van der Waals surface area contributed by atoms with E-state index in [1.807, 2.05) is 4.68 Å². The fourth-order valence-electron chi connectivity index (χ4n) is 2.41. The molecule has 0 saturated carbocycles. The number of aromatic nitrogens is 7. The Bertz CT molecular complexity index is 763. The van der Waals surface area contributed by atoms with Gasteiger partial charge in [-0.25, -0.2) is 9.37 Å². The van der Waals surface area contributed by atoms with Gasteiger partial charge in [-0.05, 0) is 42.3 Å². The summed E-state index contributed by atoms with van der Waals surface area (Å²) in [4.78, 5) is 5.87. The van der Waals surface area contributed by atoms with Crippen LogP contribution in [0.25, 0.3) is 11.4 Å². The molecule has 2 heterocycles. The monoisotopic (exact) mass is 329 g/mol. The van der Waals surface area contributed by atoms with Crippen molar-refractivity contribution in [1.29, 1.82) is 0 Å². The van der Waals surface area contributed by atoms with Crippen molar-refractivity contribution in [2.75, 3.05) is 0 Å². The first kappa shape index (κ1) is 16.2. The average Bonchev–Trinajstić information content (AvgIpc) is 3.23. The zero-order valence-corrected chi connectivity index (χ0v) is 13.6. The third-order valence-electron chi connectivity index (χ3n) is 3.73. The molecule has 0 aliphatic rings. The summed E-state index contributed by atoms with van der Waals surface area (Å²) in [5, 5.41) is 16.6. The normalized spacial score (nSPS) is 11.1. The second-order valence-electron chi connectivity index (χ2n) is 5.57. The highest BCUT2D eigenvalue weighted by molar-refractivity contribution is 5.53. The number of rotatable bonds is 8. The number of halogens is 1. The lowest BCUT2D eigenvalue weighted by Gasteiger charge is -2.04. The minimum absolute atomic E-state index is 0.279. The quantitative estimate of drug-likeness (QED) is 0.635. The molecule has 0 unspecified atom stereocenters. The van der Waals surface area contributed by atoms with Gasteiger partial charge < -0.3 is 0 Å². The molecule has 8 heteroatoms. The largest absolute Gasteiger partial charge is 0.250 e. The van der Waals surface area contributed by atoms with Gasteiger partial charge in [0, 0.05) is 18.5 Å². The highest BCUT2D eigenvalue weighted by atomic mass is 19.1. The number of aryl methyl sites for hydroxylation is 3. The van der Waals surface area contributed by atoms with E-state index < -0.39 is 0 Å². The molecule has 3 aromatic rings. The lowest BCUT2D eigenvalue weighted by atomic mass is 10.2. The number of unbranched alkanes of at least 4 members (excludes halogenated alkanes) is 1. The fourth-order valence-corrected chi connectivity index (χ4v) is 2.41. The Morgan fingerprint density at radius 1 is 1.08 bits per heavy atom. The molecule has 0 bridgehead atoms. The highest BCUT2D eigenvalue weighted by Crippen LogP contribution is 2.13. The van der Waals surface area contributed by atoms with E-state index in [1.54, 1.807) is 23.3 Å². The van der Waals surface area contributed by atoms with Gasteiger partial charge in [-0.2, -0.15) is 9.90 Å². The van der Waals surface area contributed by atoms with Crippen LogP contribution in [-0.4, -0.2) is 35.0 Å². The van der Waals surface area contributed by atoms with E-state index in [0.717, 1.165) is 43.6 Å². The minimum Gasteiger partial charge on any atom is -0.250 e. The van der Waals surface area contributed by atoms with E-state index in [0.29, 0.717) is 12.4 Å². The molecular formula is C16H20FN7. The first-order valence-electron chi connectivity index (χ1n) is 8.16. The van der Waals surface area contributed by atoms with Gasteiger partial charge in [0.2, 0.25) is 5.82 Å². The number of hydrogen-bond donors (Lipinski definition) is 0. The highest BCUT2D eigenvalue weighted by Gasteiger charge is 2.07. The summed E-state index contributed by atoms with van der Waals surface area (Å²) in [5.41, 5.74) is 0.752. The summed E-state index contributed by atoms with van der Waals surface area (Å²) in [6.07, 6.45) is 5.50. The van der Waals surface area contributed by atoms with Crippen LogP contribution in [0, 0.1) is 5.82 Å². The van der Waals surface area contributed by atoms with E-state index in [2.05, 4.69) is 32.4 Å². The molecule has 0 amide bonds. The van der Waals surface area contributed by atoms with Crippen LogP contribution in [0.3, 0.4) is 0 Å². The van der Waals surface area contributed by atoms with Gasteiger partial charge in [-0.15, -0.1) is 10.2 Å². The first-order chi connectivity index (χ1) is 11.8. The van der Waals surface area contributed by atoms with Crippen molar-refractivity contribution in [2.24, 2.45) is 0 Å². The molecular weight excluding hydrogens is 309 g/mol. The summed E-state index contributed by atoms with van der Waals surface area (Å²) in [6.45, 7) is 3.71. The predicted octanol–water partition coefficient (Wildman–Crippen LogP) is 2.50. The van der Waals surface area contributed by atoms with Crippen LogP contribution >= 0.6 is 0 Å². The zero-order valence-electron chi connectivity index (χ0n) is 13.6. The maximum Gasteiger partial charge on any atom is 0.204 e. The summed E-state index contributed by atoms with van der Waals surface area (Å²) < 4.78 is 14.9. The van der Waals surface area contributed by atoms with Crippen LogP contribution in [0.15, 0.2) is 30.6 Å². The van der Waals surface area contributed by atoms with E-state index in [4.69, 9.17) is 0 Å². The molecule has 0 radical (unpaired) electrons. The minimum atomic E-state index is -0.279. The van der Waals surface area contributed by atoms with Crippen LogP contribution < -0.4 is 0 Å². The number of tetrazole rings is 1. The summed E-state index contributed by atoms with van der Waals surface area (Å²) >= 11 is 0. The van der Waals surface area contributed by atoms with Gasteiger partial charge in [0.1, 0.15) is 18.0 Å². The molecule has 2 aromatic heterocycles. The Balaban J connectivity index is 1.54. The molecule has 0 spiro atoms. The van der Waals surface area contributed by atoms with Crippen LogP contribution in [0.2, 0.25) is 0 Å². The van der Waals surface area contributed by atoms with Gasteiger partial charge in [-0.1, -0.05) is 13.3 Å². The average molecular weight is 329 g/mol. The molecule has 0 aliphatic carbocycles. The number of nitrogens with zero attached hydrogens (tertiary/aromatic N) is 7. The van der Waals surface area contributed by atoms with Crippen LogP contribution in [0.1, 0.15) is 32.0 Å². The van der Waals surface area contributed by atoms with Gasteiger partial charge >= 0.3 is 0 Å². The number of hydrogen-bond acceptors (Lipinski definition) is 5. The van der Waals surface area contributed by atoms with Crippen molar-refractivity contribution in [3.8, 4) is 11.4 Å². The van der Waals surface area contributed by atoms with Crippen molar-refractivity contribution < 1.29 is 4.39 Å². The second kappa shape index (κ2) is 7.76. The molecule has 3 rings (SSSR count). The lowest BCUT2D eigenvalue weighted by Crippen LogP contribution is -2.09. The zero-order chi connectivity index (χ0) is 16.8. The Hall–Kier alpha value is -2.64. The van der Waals surface area contributed by atoms with Crippen molar-refractivity contribution in [1.82, 2.24) is 35.0 Å². The first-order valence-corrected chi connectivity index (χ1v) is 8.16. The Morgan fingerprint density at radius 2 is 1.92 bits per heavy atom. The molecule has 0 N–H and O–H groups in total. The predicted molar refractivity (Wildman–Crippen MR) is 86.5 cm³/mol. The number of benzene rings is 1. The van der Waals surface area contributed by atoms with Crippen molar-refractivity contribution in [3.05, 3.63) is 42.2 Å². The van der Waals surface area contributed by atoms with E-state index >= 15 is 0 Å². The van der Waals surface area contributed by atoms with Crippen LogP contribution in [0.4, 0.5) is 4.39 Å². The second-order valence-corrected chi connectivity index (χ2v) is 5.57. The van der Waals surface area contributed by atoms with Crippen molar-refractivity contribution in [3.63, 3.8) is 0 Å². The molecule has 0 atom stereocenters. The molecule has 24 heavy (non-hydrogen) atoms. The molecule has 0 saturated heterocycles. The molecule has 7 nitrogen and oxygen atoms in total. The lowest BCUT2D eigenvalue weighted by molar-refractivity contribution is 0.481. The molecule has 0 fully saturated rings. The van der Waals surface area contributed by atoms with Crippen molar-refractivity contribution in [2.45, 2.75) is 45.7 Å². The van der Waals surface area contributed by atoms with Gasteiger partial charge in [0.05, 0.1) is 6.54 Å². The van der Waals surface area contributed by atoms with Gasteiger partial charge in [-0.3, -0.25) is 4.68 Å². The van der Waals surface area contributed by atoms with E-state index in [-0.39, 0.29) is 5.82 Å². The summed E-state index contributed by atoms with van der Waals surface area (Å²) in [6, 6.07) is 6.07.